The van der Waals surface area contributed by atoms with Crippen LogP contribution >= 0.6 is 15.9 Å². The topological polar surface area (TPSA) is 62.8 Å². The maximum Gasteiger partial charge on any atom is 0.123 e. The van der Waals surface area contributed by atoms with Crippen LogP contribution in [0.2, 0.25) is 0 Å². The summed E-state index contributed by atoms with van der Waals surface area (Å²) in [6, 6.07) is 7.73. The van der Waals surface area contributed by atoms with Gasteiger partial charge in [-0.25, -0.2) is 0 Å². The third kappa shape index (κ3) is 2.25. The molecule has 0 bridgehead atoms. The predicted octanol–water partition coefficient (Wildman–Crippen LogP) is 3.58. The average Bonchev–Trinajstić information content (AvgIpc) is 2.27. The summed E-state index contributed by atoms with van der Waals surface area (Å²) in [6.07, 6.45) is 0. The highest BCUT2D eigenvalue weighted by Crippen LogP contribution is 2.29. The Morgan fingerprint density at radius 3 is 2.56 bits per heavy atom. The zero-order chi connectivity index (χ0) is 13.5. The van der Waals surface area contributed by atoms with Crippen LogP contribution in [0.3, 0.4) is 0 Å². The first-order valence-corrected chi connectivity index (χ1v) is 6.54. The van der Waals surface area contributed by atoms with E-state index in [0.29, 0.717) is 0 Å². The van der Waals surface area contributed by atoms with E-state index in [1.54, 1.807) is 0 Å². The van der Waals surface area contributed by atoms with Crippen LogP contribution in [-0.2, 0) is 5.41 Å². The number of nitrogens with two attached hydrogens (primary N) is 1. The molecule has 0 spiro atoms. The standard InChI is InChI=1S/C14H16BrN3/c1-14(2,3)11-7-9(13(16)17)8-5-4-6-10(15)12(8)18-11/h4-7H,1-3H3,(H3,16,17). The van der Waals surface area contributed by atoms with Crippen molar-refractivity contribution >= 4 is 32.7 Å². The van der Waals surface area contributed by atoms with Crippen molar-refractivity contribution in [3.05, 3.63) is 40.0 Å². The first-order chi connectivity index (χ1) is 8.30. The van der Waals surface area contributed by atoms with E-state index in [9.17, 15) is 0 Å². The van der Waals surface area contributed by atoms with E-state index in [4.69, 9.17) is 11.1 Å². The van der Waals surface area contributed by atoms with E-state index >= 15 is 0 Å². The number of halogens is 1. The molecular weight excluding hydrogens is 290 g/mol. The molecule has 4 heteroatoms. The Bertz CT molecular complexity index is 627. The smallest absolute Gasteiger partial charge is 0.123 e. The van der Waals surface area contributed by atoms with Gasteiger partial charge in [-0.15, -0.1) is 0 Å². The molecule has 18 heavy (non-hydrogen) atoms. The van der Waals surface area contributed by atoms with Gasteiger partial charge in [-0.1, -0.05) is 32.9 Å². The Hall–Kier alpha value is -1.42. The van der Waals surface area contributed by atoms with Gasteiger partial charge in [0.2, 0.25) is 0 Å². The van der Waals surface area contributed by atoms with Crippen molar-refractivity contribution in [3.8, 4) is 0 Å². The summed E-state index contributed by atoms with van der Waals surface area (Å²) in [5.74, 6) is 0.0750. The molecule has 0 aliphatic carbocycles. The van der Waals surface area contributed by atoms with Gasteiger partial charge in [0.15, 0.2) is 0 Å². The van der Waals surface area contributed by atoms with Gasteiger partial charge in [-0.3, -0.25) is 10.4 Å². The molecule has 1 heterocycles. The molecule has 0 fully saturated rings. The second kappa shape index (κ2) is 4.35. The lowest BCUT2D eigenvalue weighted by molar-refractivity contribution is 0.571. The summed E-state index contributed by atoms with van der Waals surface area (Å²) in [4.78, 5) is 4.69. The van der Waals surface area contributed by atoms with Crippen LogP contribution < -0.4 is 5.73 Å². The Balaban J connectivity index is 2.88. The van der Waals surface area contributed by atoms with E-state index in [0.717, 1.165) is 26.6 Å². The van der Waals surface area contributed by atoms with E-state index in [2.05, 4.69) is 41.7 Å². The zero-order valence-corrected chi connectivity index (χ0v) is 12.3. The minimum atomic E-state index is -0.0757. The Kier molecular flexibility index (Phi) is 3.15. The van der Waals surface area contributed by atoms with Gasteiger partial charge >= 0.3 is 0 Å². The summed E-state index contributed by atoms with van der Waals surface area (Å²) < 4.78 is 0.925. The molecule has 0 atom stereocenters. The molecule has 1 aromatic heterocycles. The third-order valence-corrected chi connectivity index (χ3v) is 3.49. The molecule has 1 aromatic carbocycles. The van der Waals surface area contributed by atoms with E-state index in [1.165, 1.54) is 0 Å². The maximum absolute atomic E-state index is 7.72. The number of nitrogens with zero attached hydrogens (tertiary/aromatic N) is 1. The van der Waals surface area contributed by atoms with Crippen molar-refractivity contribution in [3.63, 3.8) is 0 Å². The monoisotopic (exact) mass is 305 g/mol. The third-order valence-electron chi connectivity index (χ3n) is 2.85. The van der Waals surface area contributed by atoms with Gasteiger partial charge in [0.05, 0.1) is 5.52 Å². The number of benzene rings is 1. The van der Waals surface area contributed by atoms with Crippen LogP contribution in [0.25, 0.3) is 10.9 Å². The van der Waals surface area contributed by atoms with Gasteiger partial charge in [0.1, 0.15) is 5.84 Å². The molecule has 2 aromatic rings. The Morgan fingerprint density at radius 1 is 1.33 bits per heavy atom. The number of hydrogen-bond donors (Lipinski definition) is 2. The number of aromatic nitrogens is 1. The number of para-hydroxylation sites is 1. The van der Waals surface area contributed by atoms with Crippen LogP contribution in [0.15, 0.2) is 28.7 Å². The average molecular weight is 306 g/mol. The summed E-state index contributed by atoms with van der Waals surface area (Å²) in [7, 11) is 0. The molecule has 0 radical (unpaired) electrons. The van der Waals surface area contributed by atoms with Gasteiger partial charge in [0.25, 0.3) is 0 Å². The van der Waals surface area contributed by atoms with Crippen molar-refractivity contribution < 1.29 is 0 Å². The number of nitrogens with one attached hydrogen (secondary N) is 1. The lowest BCUT2D eigenvalue weighted by Gasteiger charge is -2.20. The van der Waals surface area contributed by atoms with Crippen molar-refractivity contribution in [1.29, 1.82) is 5.41 Å². The molecule has 0 aliphatic heterocycles. The fraction of sp³-hybridized carbons (Fsp3) is 0.286. The van der Waals surface area contributed by atoms with E-state index in [1.807, 2.05) is 24.3 Å². The predicted molar refractivity (Wildman–Crippen MR) is 79.2 cm³/mol. The van der Waals surface area contributed by atoms with Crippen molar-refractivity contribution in [2.75, 3.05) is 0 Å². The molecule has 0 saturated heterocycles. The first kappa shape index (κ1) is 13.0. The normalized spacial score (nSPS) is 11.8. The quantitative estimate of drug-likeness (QED) is 0.625. The summed E-state index contributed by atoms with van der Waals surface area (Å²) in [6.45, 7) is 6.30. The van der Waals surface area contributed by atoms with Gasteiger partial charge in [0, 0.05) is 26.5 Å². The number of hydrogen-bond acceptors (Lipinski definition) is 2. The largest absolute Gasteiger partial charge is 0.384 e. The lowest BCUT2D eigenvalue weighted by Crippen LogP contribution is -2.18. The van der Waals surface area contributed by atoms with Crippen molar-refractivity contribution in [2.45, 2.75) is 26.2 Å². The molecule has 3 N–H and O–H groups in total. The minimum absolute atomic E-state index is 0.0750. The highest BCUT2D eigenvalue weighted by Gasteiger charge is 2.19. The van der Waals surface area contributed by atoms with E-state index < -0.39 is 0 Å². The highest BCUT2D eigenvalue weighted by molar-refractivity contribution is 9.10. The second-order valence-corrected chi connectivity index (χ2v) is 6.21. The highest BCUT2D eigenvalue weighted by atomic mass is 79.9. The molecular formula is C14H16BrN3. The maximum atomic E-state index is 7.72. The van der Waals surface area contributed by atoms with Gasteiger partial charge < -0.3 is 5.73 Å². The van der Waals surface area contributed by atoms with Crippen molar-refractivity contribution in [1.82, 2.24) is 4.98 Å². The van der Waals surface area contributed by atoms with Crippen molar-refractivity contribution in [2.24, 2.45) is 5.73 Å². The lowest BCUT2D eigenvalue weighted by atomic mass is 9.89. The van der Waals surface area contributed by atoms with Gasteiger partial charge in [-0.2, -0.15) is 0 Å². The molecule has 94 valence electrons. The number of pyridine rings is 1. The second-order valence-electron chi connectivity index (χ2n) is 5.35. The molecule has 3 nitrogen and oxygen atoms in total. The molecule has 0 amide bonds. The molecule has 0 unspecified atom stereocenters. The summed E-state index contributed by atoms with van der Waals surface area (Å²) >= 11 is 3.51. The van der Waals surface area contributed by atoms with Gasteiger partial charge in [-0.05, 0) is 28.1 Å². The van der Waals surface area contributed by atoms with Crippen LogP contribution in [0, 0.1) is 5.41 Å². The summed E-state index contributed by atoms with van der Waals surface area (Å²) in [5, 5.41) is 8.63. The molecule has 2 rings (SSSR count). The fourth-order valence-electron chi connectivity index (χ4n) is 1.82. The molecule has 0 saturated carbocycles. The number of nitrogen functional groups attached to an aromatic ring is 1. The molecule has 0 aliphatic rings. The Labute approximate surface area is 115 Å². The van der Waals surface area contributed by atoms with Crippen LogP contribution in [-0.4, -0.2) is 10.8 Å². The number of fused-ring (bicyclic) bond motifs is 1. The Morgan fingerprint density at radius 2 is 2.00 bits per heavy atom. The SMILES string of the molecule is CC(C)(C)c1cc(C(=N)N)c2cccc(Br)c2n1. The first-order valence-electron chi connectivity index (χ1n) is 5.75. The van der Waals surface area contributed by atoms with Crippen LogP contribution in [0.1, 0.15) is 32.0 Å². The zero-order valence-electron chi connectivity index (χ0n) is 10.7. The van der Waals surface area contributed by atoms with Crippen LogP contribution in [0.4, 0.5) is 0 Å². The fourth-order valence-corrected chi connectivity index (χ4v) is 2.28. The number of amidine groups is 1. The van der Waals surface area contributed by atoms with Crippen LogP contribution in [0.5, 0.6) is 0 Å². The minimum Gasteiger partial charge on any atom is -0.384 e. The summed E-state index contributed by atoms with van der Waals surface area (Å²) in [5.41, 5.74) is 8.14. The number of rotatable bonds is 1. The van der Waals surface area contributed by atoms with E-state index in [-0.39, 0.29) is 11.3 Å².